The molecule has 0 heterocycles. The second-order valence-electron chi connectivity index (χ2n) is 4.44. The Labute approximate surface area is 116 Å². The van der Waals surface area contributed by atoms with Crippen molar-refractivity contribution < 1.29 is 8.78 Å². The lowest BCUT2D eigenvalue weighted by Crippen LogP contribution is -2.15. The summed E-state index contributed by atoms with van der Waals surface area (Å²) < 4.78 is 26.2. The lowest BCUT2D eigenvalue weighted by molar-refractivity contribution is 0.505. The van der Waals surface area contributed by atoms with Crippen LogP contribution >= 0.6 is 11.6 Å². The molecular formula is C15H14ClF2N. The molecule has 0 bridgehead atoms. The van der Waals surface area contributed by atoms with Gasteiger partial charge in [-0.3, -0.25) is 0 Å². The topological polar surface area (TPSA) is 26.0 Å². The van der Waals surface area contributed by atoms with E-state index < -0.39 is 11.6 Å². The van der Waals surface area contributed by atoms with Crippen LogP contribution in [-0.2, 0) is 6.42 Å². The third-order valence-corrected chi connectivity index (χ3v) is 3.31. The maximum atomic E-state index is 13.2. The third kappa shape index (κ3) is 3.52. The highest BCUT2D eigenvalue weighted by Crippen LogP contribution is 2.23. The molecule has 0 radical (unpaired) electrons. The van der Waals surface area contributed by atoms with Crippen molar-refractivity contribution in [1.82, 2.24) is 0 Å². The van der Waals surface area contributed by atoms with E-state index in [1.807, 2.05) is 18.2 Å². The monoisotopic (exact) mass is 281 g/mol. The first-order valence-electron chi connectivity index (χ1n) is 5.99. The quantitative estimate of drug-likeness (QED) is 0.904. The summed E-state index contributed by atoms with van der Waals surface area (Å²) in [5.41, 5.74) is 7.45. The first-order valence-corrected chi connectivity index (χ1v) is 6.37. The summed E-state index contributed by atoms with van der Waals surface area (Å²) in [5, 5.41) is 0.651. The van der Waals surface area contributed by atoms with Gasteiger partial charge in [0.2, 0.25) is 0 Å². The summed E-state index contributed by atoms with van der Waals surface area (Å²) in [6.07, 6.45) is 0.641. The Morgan fingerprint density at radius 3 is 2.47 bits per heavy atom. The molecule has 0 aromatic heterocycles. The first kappa shape index (κ1) is 14.0. The van der Waals surface area contributed by atoms with Gasteiger partial charge in [-0.1, -0.05) is 29.8 Å². The van der Waals surface area contributed by atoms with Crippen LogP contribution in [0.3, 0.4) is 0 Å². The Morgan fingerprint density at radius 1 is 1.05 bits per heavy atom. The van der Waals surface area contributed by atoms with Crippen LogP contribution < -0.4 is 5.73 Å². The van der Waals surface area contributed by atoms with Gasteiger partial charge in [-0.25, -0.2) is 8.78 Å². The summed E-state index contributed by atoms with van der Waals surface area (Å²) in [4.78, 5) is 0. The molecule has 2 rings (SSSR count). The summed E-state index contributed by atoms with van der Waals surface area (Å²) >= 11 is 5.92. The lowest BCUT2D eigenvalue weighted by atomic mass is 9.92. The Morgan fingerprint density at radius 2 is 1.84 bits per heavy atom. The standard InChI is InChI=1S/C15H14ClF2N/c16-13-3-1-2-10(7-13)6-12(9-19)11-4-5-14(17)15(18)8-11/h1-5,7-8,12H,6,9,19H2. The van der Waals surface area contributed by atoms with Crippen LogP contribution in [0.25, 0.3) is 0 Å². The molecular weight excluding hydrogens is 268 g/mol. The number of rotatable bonds is 4. The summed E-state index contributed by atoms with van der Waals surface area (Å²) in [5.74, 6) is -1.75. The number of nitrogens with two attached hydrogens (primary N) is 1. The van der Waals surface area contributed by atoms with Crippen molar-refractivity contribution in [3.8, 4) is 0 Å². The molecule has 0 saturated heterocycles. The molecule has 2 aromatic carbocycles. The van der Waals surface area contributed by atoms with E-state index in [-0.39, 0.29) is 5.92 Å². The highest BCUT2D eigenvalue weighted by molar-refractivity contribution is 6.30. The van der Waals surface area contributed by atoms with Crippen LogP contribution in [-0.4, -0.2) is 6.54 Å². The molecule has 4 heteroatoms. The van der Waals surface area contributed by atoms with Crippen molar-refractivity contribution in [2.75, 3.05) is 6.54 Å². The van der Waals surface area contributed by atoms with E-state index in [4.69, 9.17) is 17.3 Å². The Balaban J connectivity index is 2.22. The van der Waals surface area contributed by atoms with E-state index >= 15 is 0 Å². The summed E-state index contributed by atoms with van der Waals surface area (Å²) in [7, 11) is 0. The predicted octanol–water partition coefficient (Wildman–Crippen LogP) is 3.90. The fourth-order valence-corrected chi connectivity index (χ4v) is 2.26. The van der Waals surface area contributed by atoms with Gasteiger partial charge < -0.3 is 5.73 Å². The van der Waals surface area contributed by atoms with Crippen molar-refractivity contribution in [3.05, 3.63) is 70.2 Å². The minimum Gasteiger partial charge on any atom is -0.330 e. The normalized spacial score (nSPS) is 12.4. The highest BCUT2D eigenvalue weighted by Gasteiger charge is 2.13. The van der Waals surface area contributed by atoms with Gasteiger partial charge in [-0.05, 0) is 48.4 Å². The maximum Gasteiger partial charge on any atom is 0.159 e. The molecule has 0 saturated carbocycles. The largest absolute Gasteiger partial charge is 0.330 e. The van der Waals surface area contributed by atoms with E-state index in [0.29, 0.717) is 23.6 Å². The van der Waals surface area contributed by atoms with Gasteiger partial charge in [0.1, 0.15) is 0 Å². The van der Waals surface area contributed by atoms with Crippen LogP contribution in [0.15, 0.2) is 42.5 Å². The van der Waals surface area contributed by atoms with Gasteiger partial charge in [0.25, 0.3) is 0 Å². The molecule has 19 heavy (non-hydrogen) atoms. The van der Waals surface area contributed by atoms with E-state index in [1.54, 1.807) is 12.1 Å². The smallest absolute Gasteiger partial charge is 0.159 e. The van der Waals surface area contributed by atoms with Crippen LogP contribution in [0.5, 0.6) is 0 Å². The van der Waals surface area contributed by atoms with E-state index in [0.717, 1.165) is 11.6 Å². The second-order valence-corrected chi connectivity index (χ2v) is 4.88. The second kappa shape index (κ2) is 6.13. The fraction of sp³-hybridized carbons (Fsp3) is 0.200. The molecule has 1 unspecified atom stereocenters. The predicted molar refractivity (Wildman–Crippen MR) is 73.3 cm³/mol. The van der Waals surface area contributed by atoms with Crippen LogP contribution in [0.1, 0.15) is 17.0 Å². The minimum absolute atomic E-state index is 0.0615. The van der Waals surface area contributed by atoms with E-state index in [1.165, 1.54) is 6.07 Å². The van der Waals surface area contributed by atoms with Crippen LogP contribution in [0.4, 0.5) is 8.78 Å². The van der Waals surface area contributed by atoms with Crippen LogP contribution in [0.2, 0.25) is 5.02 Å². The zero-order chi connectivity index (χ0) is 13.8. The molecule has 2 aromatic rings. The Hall–Kier alpha value is -1.45. The molecule has 0 aliphatic heterocycles. The minimum atomic E-state index is -0.845. The lowest BCUT2D eigenvalue weighted by Gasteiger charge is -2.15. The third-order valence-electron chi connectivity index (χ3n) is 3.07. The first-order chi connectivity index (χ1) is 9.10. The van der Waals surface area contributed by atoms with Crippen molar-refractivity contribution in [1.29, 1.82) is 0 Å². The molecule has 0 aliphatic rings. The molecule has 2 N–H and O–H groups in total. The Kier molecular flexibility index (Phi) is 4.51. The highest BCUT2D eigenvalue weighted by atomic mass is 35.5. The molecule has 0 amide bonds. The number of benzene rings is 2. The van der Waals surface area contributed by atoms with E-state index in [9.17, 15) is 8.78 Å². The molecule has 0 spiro atoms. The molecule has 100 valence electrons. The number of hydrogen-bond donors (Lipinski definition) is 1. The maximum absolute atomic E-state index is 13.2. The molecule has 0 aliphatic carbocycles. The van der Waals surface area contributed by atoms with Crippen molar-refractivity contribution in [2.45, 2.75) is 12.3 Å². The molecule has 1 nitrogen and oxygen atoms in total. The SMILES string of the molecule is NCC(Cc1cccc(Cl)c1)c1ccc(F)c(F)c1. The molecule has 1 atom stereocenters. The van der Waals surface area contributed by atoms with Gasteiger partial charge in [0, 0.05) is 10.9 Å². The summed E-state index contributed by atoms with van der Waals surface area (Å²) in [6.45, 7) is 0.359. The molecule has 0 fully saturated rings. The zero-order valence-corrected chi connectivity index (χ0v) is 11.0. The van der Waals surface area contributed by atoms with Crippen molar-refractivity contribution in [2.24, 2.45) is 5.73 Å². The number of hydrogen-bond acceptors (Lipinski definition) is 1. The zero-order valence-electron chi connectivity index (χ0n) is 10.2. The average molecular weight is 282 g/mol. The average Bonchev–Trinajstić information content (AvgIpc) is 2.39. The van der Waals surface area contributed by atoms with Crippen molar-refractivity contribution in [3.63, 3.8) is 0 Å². The van der Waals surface area contributed by atoms with Gasteiger partial charge in [0.05, 0.1) is 0 Å². The van der Waals surface area contributed by atoms with Crippen LogP contribution in [0, 0.1) is 11.6 Å². The van der Waals surface area contributed by atoms with Gasteiger partial charge in [-0.15, -0.1) is 0 Å². The van der Waals surface area contributed by atoms with Gasteiger partial charge >= 0.3 is 0 Å². The van der Waals surface area contributed by atoms with Crippen molar-refractivity contribution >= 4 is 11.6 Å². The van der Waals surface area contributed by atoms with Gasteiger partial charge in [-0.2, -0.15) is 0 Å². The summed E-state index contributed by atoms with van der Waals surface area (Å²) in [6, 6.07) is 11.3. The Bertz CT molecular complexity index is 572. The van der Waals surface area contributed by atoms with E-state index in [2.05, 4.69) is 0 Å². The number of halogens is 3. The fourth-order valence-electron chi connectivity index (χ4n) is 2.05. The van der Waals surface area contributed by atoms with Gasteiger partial charge in [0.15, 0.2) is 11.6 Å².